The number of fused-ring (bicyclic) bond motifs is 1. The molecule has 4 aromatic rings. The van der Waals surface area contributed by atoms with E-state index in [1.807, 2.05) is 24.3 Å². The van der Waals surface area contributed by atoms with Gasteiger partial charge < -0.3 is 19.2 Å². The predicted molar refractivity (Wildman–Crippen MR) is 141 cm³/mol. The van der Waals surface area contributed by atoms with Gasteiger partial charge in [-0.1, -0.05) is 32.9 Å². The number of aromatic nitrogens is 1. The van der Waals surface area contributed by atoms with E-state index in [2.05, 4.69) is 36.4 Å². The molecule has 0 unspecified atom stereocenters. The summed E-state index contributed by atoms with van der Waals surface area (Å²) in [5.74, 6) is 1.39. The molecule has 0 fully saturated rings. The third-order valence-corrected chi connectivity index (χ3v) is 5.72. The molecule has 180 valence electrons. The Morgan fingerprint density at radius 2 is 1.66 bits per heavy atom. The van der Waals surface area contributed by atoms with Crippen LogP contribution < -0.4 is 20.1 Å². The van der Waals surface area contributed by atoms with Crippen molar-refractivity contribution in [1.82, 2.24) is 10.3 Å². The number of hydrogen-bond donors (Lipinski definition) is 2. The van der Waals surface area contributed by atoms with Crippen LogP contribution in [0.1, 0.15) is 36.7 Å². The highest BCUT2D eigenvalue weighted by molar-refractivity contribution is 7.80. The quantitative estimate of drug-likeness (QED) is 0.336. The van der Waals surface area contributed by atoms with Gasteiger partial charge >= 0.3 is 0 Å². The number of anilines is 1. The number of amides is 1. The highest BCUT2D eigenvalue weighted by atomic mass is 32.1. The number of methoxy groups -OCH3 is 2. The molecule has 1 heterocycles. The Morgan fingerprint density at radius 3 is 2.31 bits per heavy atom. The summed E-state index contributed by atoms with van der Waals surface area (Å²) in [4.78, 5) is 17.2. The maximum absolute atomic E-state index is 12.6. The average molecular weight is 490 g/mol. The van der Waals surface area contributed by atoms with E-state index in [1.165, 1.54) is 0 Å². The van der Waals surface area contributed by atoms with Crippen LogP contribution >= 0.6 is 12.2 Å². The molecule has 2 N–H and O–H groups in total. The first-order chi connectivity index (χ1) is 16.7. The minimum atomic E-state index is -0.277. The molecule has 8 heteroatoms. The third-order valence-electron chi connectivity index (χ3n) is 5.52. The molecular formula is C27H27N3O4S. The zero-order chi connectivity index (χ0) is 25.2. The summed E-state index contributed by atoms with van der Waals surface area (Å²) in [7, 11) is 3.16. The Morgan fingerprint density at radius 1 is 0.943 bits per heavy atom. The van der Waals surface area contributed by atoms with Crippen LogP contribution in [-0.4, -0.2) is 30.2 Å². The fraction of sp³-hybridized carbons (Fsp3) is 0.222. The van der Waals surface area contributed by atoms with E-state index in [4.69, 9.17) is 26.1 Å². The lowest BCUT2D eigenvalue weighted by molar-refractivity contribution is 0.0977. The Balaban J connectivity index is 1.46. The molecule has 0 radical (unpaired) electrons. The second-order valence-electron chi connectivity index (χ2n) is 9.01. The Kier molecular flexibility index (Phi) is 6.75. The van der Waals surface area contributed by atoms with Crippen LogP contribution in [0.4, 0.5) is 5.69 Å². The third kappa shape index (κ3) is 5.44. The maximum Gasteiger partial charge on any atom is 0.257 e. The van der Waals surface area contributed by atoms with E-state index in [0.717, 1.165) is 11.1 Å². The average Bonchev–Trinajstić information content (AvgIpc) is 3.26. The topological polar surface area (TPSA) is 85.6 Å². The summed E-state index contributed by atoms with van der Waals surface area (Å²) in [5.41, 5.74) is 4.41. The number of hydrogen-bond acceptors (Lipinski definition) is 6. The standard InChI is InChI=1S/C27H27N3O4S/c1-27(2,3)18-9-6-16(7-10-18)24(31)30-26(35)28-19-11-13-21-20(15-19)29-25(34-21)17-8-12-22(32-4)23(14-17)33-5/h6-15H,1-5H3,(H2,28,30,31,35). The van der Waals surface area contributed by atoms with E-state index < -0.39 is 0 Å². The number of nitrogens with zero attached hydrogens (tertiary/aromatic N) is 1. The molecular weight excluding hydrogens is 462 g/mol. The van der Waals surface area contributed by atoms with Crippen molar-refractivity contribution in [3.05, 3.63) is 71.8 Å². The highest BCUT2D eigenvalue weighted by Crippen LogP contribution is 2.33. The predicted octanol–water partition coefficient (Wildman–Crippen LogP) is 5.94. The number of oxazole rings is 1. The van der Waals surface area contributed by atoms with E-state index in [9.17, 15) is 4.79 Å². The molecule has 1 aromatic heterocycles. The summed E-state index contributed by atoms with van der Waals surface area (Å²) in [6, 6.07) is 18.4. The van der Waals surface area contributed by atoms with Gasteiger partial charge in [-0.25, -0.2) is 4.98 Å². The van der Waals surface area contributed by atoms with Crippen molar-refractivity contribution in [3.63, 3.8) is 0 Å². The van der Waals surface area contributed by atoms with Crippen molar-refractivity contribution >= 4 is 40.0 Å². The van der Waals surface area contributed by atoms with Crippen LogP contribution in [-0.2, 0) is 5.41 Å². The van der Waals surface area contributed by atoms with Gasteiger partial charge in [0, 0.05) is 16.8 Å². The first kappa shape index (κ1) is 24.2. The fourth-order valence-electron chi connectivity index (χ4n) is 3.56. The van der Waals surface area contributed by atoms with Crippen molar-refractivity contribution in [2.75, 3.05) is 19.5 Å². The monoisotopic (exact) mass is 489 g/mol. The number of carbonyl (C=O) groups is 1. The first-order valence-corrected chi connectivity index (χ1v) is 11.4. The van der Waals surface area contributed by atoms with Crippen LogP contribution in [0.2, 0.25) is 0 Å². The number of carbonyl (C=O) groups excluding carboxylic acids is 1. The van der Waals surface area contributed by atoms with Crippen molar-refractivity contribution in [3.8, 4) is 23.0 Å². The summed E-state index contributed by atoms with van der Waals surface area (Å²) >= 11 is 5.34. The van der Waals surface area contributed by atoms with E-state index in [-0.39, 0.29) is 16.4 Å². The van der Waals surface area contributed by atoms with Crippen LogP contribution in [0.3, 0.4) is 0 Å². The molecule has 0 spiro atoms. The van der Waals surface area contributed by atoms with Gasteiger partial charge in [-0.05, 0) is 71.7 Å². The van der Waals surface area contributed by atoms with E-state index >= 15 is 0 Å². The normalized spacial score (nSPS) is 11.2. The van der Waals surface area contributed by atoms with Crippen LogP contribution in [0.25, 0.3) is 22.6 Å². The van der Waals surface area contributed by atoms with Crippen molar-refractivity contribution in [1.29, 1.82) is 0 Å². The molecule has 3 aromatic carbocycles. The van der Waals surface area contributed by atoms with Gasteiger partial charge in [0.05, 0.1) is 14.2 Å². The molecule has 7 nitrogen and oxygen atoms in total. The second kappa shape index (κ2) is 9.76. The van der Waals surface area contributed by atoms with Crippen LogP contribution in [0, 0.1) is 0 Å². The molecule has 0 aliphatic heterocycles. The highest BCUT2D eigenvalue weighted by Gasteiger charge is 2.16. The molecule has 0 saturated heterocycles. The number of ether oxygens (including phenoxy) is 2. The Labute approximate surface area is 209 Å². The minimum Gasteiger partial charge on any atom is -0.493 e. The molecule has 0 atom stereocenters. The molecule has 35 heavy (non-hydrogen) atoms. The molecule has 0 saturated carbocycles. The van der Waals surface area contributed by atoms with Crippen molar-refractivity contribution < 1.29 is 18.7 Å². The SMILES string of the molecule is COc1ccc(-c2nc3cc(NC(=S)NC(=O)c4ccc(C(C)(C)C)cc4)ccc3o2)cc1OC. The number of thiocarbonyl (C=S) groups is 1. The van der Waals surface area contributed by atoms with Crippen LogP contribution in [0.15, 0.2) is 65.1 Å². The lowest BCUT2D eigenvalue weighted by Gasteiger charge is -2.19. The van der Waals surface area contributed by atoms with E-state index in [0.29, 0.717) is 39.7 Å². The molecule has 1 amide bonds. The van der Waals surface area contributed by atoms with Gasteiger partial charge in [-0.2, -0.15) is 0 Å². The van der Waals surface area contributed by atoms with Gasteiger partial charge in [0.2, 0.25) is 5.89 Å². The van der Waals surface area contributed by atoms with Gasteiger partial charge in [-0.15, -0.1) is 0 Å². The first-order valence-electron chi connectivity index (χ1n) is 11.0. The smallest absolute Gasteiger partial charge is 0.257 e. The summed E-state index contributed by atoms with van der Waals surface area (Å²) < 4.78 is 16.6. The maximum atomic E-state index is 12.6. The van der Waals surface area contributed by atoms with Gasteiger partial charge in [0.15, 0.2) is 22.2 Å². The van der Waals surface area contributed by atoms with Gasteiger partial charge in [0.1, 0.15) is 5.52 Å². The number of nitrogens with one attached hydrogen (secondary N) is 2. The Bertz CT molecular complexity index is 1390. The van der Waals surface area contributed by atoms with Crippen molar-refractivity contribution in [2.24, 2.45) is 0 Å². The molecule has 0 aliphatic carbocycles. The van der Waals surface area contributed by atoms with Crippen LogP contribution in [0.5, 0.6) is 11.5 Å². The lowest BCUT2D eigenvalue weighted by atomic mass is 9.87. The van der Waals surface area contributed by atoms with Crippen molar-refractivity contribution in [2.45, 2.75) is 26.2 Å². The summed E-state index contributed by atoms with van der Waals surface area (Å²) in [6.07, 6.45) is 0. The number of rotatable bonds is 5. The Hall–Kier alpha value is -3.91. The zero-order valence-electron chi connectivity index (χ0n) is 20.3. The molecule has 0 bridgehead atoms. The zero-order valence-corrected chi connectivity index (χ0v) is 21.1. The molecule has 4 rings (SSSR count). The summed E-state index contributed by atoms with van der Waals surface area (Å²) in [6.45, 7) is 6.39. The van der Waals surface area contributed by atoms with E-state index in [1.54, 1.807) is 50.6 Å². The van der Waals surface area contributed by atoms with Gasteiger partial charge in [0.25, 0.3) is 5.91 Å². The fourth-order valence-corrected chi connectivity index (χ4v) is 3.77. The van der Waals surface area contributed by atoms with Gasteiger partial charge in [-0.3, -0.25) is 10.1 Å². The molecule has 0 aliphatic rings. The minimum absolute atomic E-state index is 0.0188. The summed E-state index contributed by atoms with van der Waals surface area (Å²) in [5, 5.41) is 5.94. The second-order valence-corrected chi connectivity index (χ2v) is 9.42. The number of benzene rings is 3. The largest absolute Gasteiger partial charge is 0.493 e. The lowest BCUT2D eigenvalue weighted by Crippen LogP contribution is -2.34.